The van der Waals surface area contributed by atoms with Gasteiger partial charge in [-0.3, -0.25) is 4.79 Å². The second-order valence-electron chi connectivity index (χ2n) is 9.61. The Morgan fingerprint density at radius 3 is 2.85 bits per heavy atom. The molecule has 5 rings (SSSR count). The van der Waals surface area contributed by atoms with Crippen LogP contribution in [0.4, 0.5) is 0 Å². The molecule has 0 spiro atoms. The zero-order chi connectivity index (χ0) is 23.5. The highest BCUT2D eigenvalue weighted by atomic mass is 16.3. The number of carbonyl (C=O) groups is 1. The second kappa shape index (κ2) is 10.0. The van der Waals surface area contributed by atoms with E-state index in [2.05, 4.69) is 17.2 Å². The van der Waals surface area contributed by atoms with Crippen molar-refractivity contribution in [2.45, 2.75) is 50.6 Å². The number of carbonyl (C=O) groups excluding carboxylic acids is 1. The molecule has 1 aliphatic carbocycles. The minimum atomic E-state index is -0.329. The summed E-state index contributed by atoms with van der Waals surface area (Å²) in [5.74, 6) is 1.00. The molecule has 3 unspecified atom stereocenters. The lowest BCUT2D eigenvalue weighted by Gasteiger charge is -2.27. The van der Waals surface area contributed by atoms with Gasteiger partial charge in [0.1, 0.15) is 10.6 Å². The van der Waals surface area contributed by atoms with Crippen molar-refractivity contribution < 1.29 is 9.66 Å². The number of rotatable bonds is 6. The van der Waals surface area contributed by atoms with Gasteiger partial charge < -0.3 is 10.6 Å². The summed E-state index contributed by atoms with van der Waals surface area (Å²) in [4.78, 5) is 36.5. The predicted molar refractivity (Wildman–Crippen MR) is 130 cm³/mol. The van der Waals surface area contributed by atoms with Crippen molar-refractivity contribution in [2.24, 2.45) is 5.92 Å². The maximum atomic E-state index is 13.5. The molecule has 8 heteroatoms. The monoisotopic (exact) mass is 461 g/mol. The molecule has 178 valence electrons. The molecule has 0 radical (unpaired) electrons. The number of hydrazine groups is 1. The van der Waals surface area contributed by atoms with Crippen LogP contribution in [-0.4, -0.2) is 58.0 Å². The van der Waals surface area contributed by atoms with Crippen LogP contribution in [0.1, 0.15) is 48.7 Å². The Kier molecular flexibility index (Phi) is 6.67. The van der Waals surface area contributed by atoms with Crippen LogP contribution in [-0.2, 0) is 17.6 Å². The first kappa shape index (κ1) is 22.7. The van der Waals surface area contributed by atoms with Crippen LogP contribution in [0, 0.1) is 10.8 Å². The first-order valence-electron chi connectivity index (χ1n) is 12.4. The molecule has 2 aromatic rings. The van der Waals surface area contributed by atoms with Gasteiger partial charge in [0.15, 0.2) is 5.82 Å². The van der Waals surface area contributed by atoms with E-state index >= 15 is 0 Å². The van der Waals surface area contributed by atoms with Crippen LogP contribution in [0.25, 0.3) is 11.4 Å². The van der Waals surface area contributed by atoms with Crippen LogP contribution in [0.2, 0.25) is 0 Å². The van der Waals surface area contributed by atoms with Gasteiger partial charge in [0, 0.05) is 29.3 Å². The predicted octanol–water partition coefficient (Wildman–Crippen LogP) is 2.74. The number of hydrogen-bond acceptors (Lipinski definition) is 5. The molecule has 1 aromatic carbocycles. The number of nitrogens with one attached hydrogen (secondary N) is 2. The number of hydrogen-bond donors (Lipinski definition) is 2. The fourth-order valence-corrected chi connectivity index (χ4v) is 5.48. The van der Waals surface area contributed by atoms with Crippen LogP contribution < -0.4 is 10.6 Å². The second-order valence-corrected chi connectivity index (χ2v) is 9.61. The van der Waals surface area contributed by atoms with E-state index in [9.17, 15) is 9.70 Å². The van der Waals surface area contributed by atoms with Gasteiger partial charge >= 0.3 is 0 Å². The van der Waals surface area contributed by atoms with E-state index in [0.717, 1.165) is 79.2 Å². The molecule has 2 N–H and O–H groups in total. The van der Waals surface area contributed by atoms with Crippen LogP contribution in [0.15, 0.2) is 43.0 Å². The number of piperidine rings is 1. The van der Waals surface area contributed by atoms with Gasteiger partial charge in [0.05, 0.1) is 18.0 Å². The van der Waals surface area contributed by atoms with E-state index in [-0.39, 0.29) is 18.0 Å². The van der Waals surface area contributed by atoms with E-state index in [0.29, 0.717) is 18.2 Å². The fraction of sp³-hybridized carbons (Fsp3) is 0.500. The highest BCUT2D eigenvalue weighted by molar-refractivity contribution is 5.87. The molecule has 1 aromatic heterocycles. The third-order valence-corrected chi connectivity index (χ3v) is 7.26. The van der Waals surface area contributed by atoms with Crippen LogP contribution >= 0.6 is 0 Å². The highest BCUT2D eigenvalue weighted by Gasteiger charge is 2.45. The third kappa shape index (κ3) is 4.73. The summed E-state index contributed by atoms with van der Waals surface area (Å²) >= 11 is 0. The number of nitrogens with zero attached hydrogens (tertiary/aromatic N) is 4. The number of fused-ring (bicyclic) bond motifs is 1. The Balaban J connectivity index is 1.45. The summed E-state index contributed by atoms with van der Waals surface area (Å²) in [5, 5.41) is 8.43. The molecule has 2 fully saturated rings. The Hall–Kier alpha value is -3.13. The van der Waals surface area contributed by atoms with Gasteiger partial charge in [0.25, 0.3) is 6.04 Å². The maximum Gasteiger partial charge on any atom is 0.278 e. The summed E-state index contributed by atoms with van der Waals surface area (Å²) in [5.41, 5.74) is 3.79. The number of benzene rings is 1. The molecule has 3 heterocycles. The molecule has 2 saturated heterocycles. The Morgan fingerprint density at radius 1 is 1.24 bits per heavy atom. The lowest BCUT2D eigenvalue weighted by atomic mass is 9.88. The van der Waals surface area contributed by atoms with E-state index < -0.39 is 0 Å². The topological polar surface area (TPSA) is 90.2 Å². The van der Waals surface area contributed by atoms with Gasteiger partial charge in [-0.15, -0.1) is 5.01 Å². The van der Waals surface area contributed by atoms with E-state index in [1.807, 2.05) is 35.3 Å². The highest BCUT2D eigenvalue weighted by Crippen LogP contribution is 2.35. The largest absolute Gasteiger partial charge is 0.349 e. The summed E-state index contributed by atoms with van der Waals surface area (Å²) in [6.07, 6.45) is 6.56. The summed E-state index contributed by atoms with van der Waals surface area (Å²) in [6, 6.07) is 9.62. The van der Waals surface area contributed by atoms with E-state index in [1.165, 1.54) is 12.5 Å². The van der Waals surface area contributed by atoms with Gasteiger partial charge in [0.2, 0.25) is 5.91 Å². The van der Waals surface area contributed by atoms with Crippen molar-refractivity contribution in [3.63, 3.8) is 0 Å². The van der Waals surface area contributed by atoms with Crippen molar-refractivity contribution in [2.75, 3.05) is 26.2 Å². The van der Waals surface area contributed by atoms with Gasteiger partial charge in [-0.2, -0.15) is 0 Å². The standard InChI is InChI=1S/C26H32N6O2/c1-2-24(33)28-20-10-11-22-21(15-20)25(30-26(29-22)19-8-4-3-5-9-19)23-12-14-31(32(23)34)17-18-7-6-13-27-16-18/h2-5,8-9,18,20,23,27H,1,6-7,10-17H2/p+1. The molecule has 34 heavy (non-hydrogen) atoms. The summed E-state index contributed by atoms with van der Waals surface area (Å²) in [7, 11) is 0. The number of aryl methyl sites for hydroxylation is 1. The minimum absolute atomic E-state index is 0.00570. The zero-order valence-corrected chi connectivity index (χ0v) is 19.6. The lowest BCUT2D eigenvalue weighted by Crippen LogP contribution is -2.40. The Bertz CT molecular complexity index is 1070. The van der Waals surface area contributed by atoms with Crippen LogP contribution in [0.5, 0.6) is 0 Å². The van der Waals surface area contributed by atoms with E-state index in [1.54, 1.807) is 0 Å². The van der Waals surface area contributed by atoms with Gasteiger partial charge in [-0.1, -0.05) is 36.9 Å². The minimum Gasteiger partial charge on any atom is -0.349 e. The number of aromatic nitrogens is 2. The molecule has 0 saturated carbocycles. The van der Waals surface area contributed by atoms with Crippen molar-refractivity contribution in [3.8, 4) is 11.4 Å². The molecule has 0 bridgehead atoms. The smallest absolute Gasteiger partial charge is 0.278 e. The maximum absolute atomic E-state index is 13.5. The number of nitroso groups, excluding NO2 is 1. The van der Waals surface area contributed by atoms with Crippen LogP contribution in [0.3, 0.4) is 0 Å². The normalized spacial score (nSPS) is 24.5. The van der Waals surface area contributed by atoms with Crippen molar-refractivity contribution in [3.05, 3.63) is 64.8 Å². The lowest BCUT2D eigenvalue weighted by molar-refractivity contribution is -0.718. The Morgan fingerprint density at radius 2 is 2.09 bits per heavy atom. The van der Waals surface area contributed by atoms with Crippen molar-refractivity contribution >= 4 is 5.91 Å². The molecular formula is C26H33N6O2+. The summed E-state index contributed by atoms with van der Waals surface area (Å²) in [6.45, 7) is 7.13. The van der Waals surface area contributed by atoms with Crippen molar-refractivity contribution in [1.82, 2.24) is 25.6 Å². The SMILES string of the molecule is C=CC(=O)NC1CCc2nc(-c3ccccc3)nc(C3CCN(CC4CCCNC4)[N+]3=O)c2C1. The van der Waals surface area contributed by atoms with E-state index in [4.69, 9.17) is 9.97 Å². The molecular weight excluding hydrogens is 428 g/mol. The molecule has 8 nitrogen and oxygen atoms in total. The third-order valence-electron chi connectivity index (χ3n) is 7.26. The average molecular weight is 462 g/mol. The van der Waals surface area contributed by atoms with Gasteiger partial charge in [-0.25, -0.2) is 9.97 Å². The average Bonchev–Trinajstić information content (AvgIpc) is 3.24. The van der Waals surface area contributed by atoms with Crippen molar-refractivity contribution in [1.29, 1.82) is 0 Å². The number of amides is 1. The fourth-order valence-electron chi connectivity index (χ4n) is 5.48. The molecule has 3 atom stereocenters. The molecule has 3 aliphatic rings. The first-order valence-corrected chi connectivity index (χ1v) is 12.4. The Labute approximate surface area is 200 Å². The summed E-state index contributed by atoms with van der Waals surface area (Å²) < 4.78 is 0. The zero-order valence-electron chi connectivity index (χ0n) is 19.6. The first-order chi connectivity index (χ1) is 16.6. The molecule has 1 amide bonds. The molecule has 2 aliphatic heterocycles. The quantitative estimate of drug-likeness (QED) is 0.508. The van der Waals surface area contributed by atoms with Gasteiger partial charge in [-0.05, 0) is 57.2 Å².